The van der Waals surface area contributed by atoms with Crippen molar-refractivity contribution in [2.24, 2.45) is 0 Å². The molecule has 1 aliphatic rings. The summed E-state index contributed by atoms with van der Waals surface area (Å²) >= 11 is 0. The van der Waals surface area contributed by atoms with Crippen LogP contribution in [0, 0.1) is 0 Å². The summed E-state index contributed by atoms with van der Waals surface area (Å²) in [6.45, 7) is 7.00. The van der Waals surface area contributed by atoms with Gasteiger partial charge in [-0.1, -0.05) is 24.3 Å². The highest BCUT2D eigenvalue weighted by molar-refractivity contribution is 5.68. The van der Waals surface area contributed by atoms with E-state index in [1.54, 1.807) is 7.11 Å². The Morgan fingerprint density at radius 3 is 2.68 bits per heavy atom. The minimum Gasteiger partial charge on any atom is -0.444 e. The monoisotopic (exact) mass is 306 g/mol. The van der Waals surface area contributed by atoms with Crippen LogP contribution in [-0.4, -0.2) is 30.9 Å². The predicted octanol–water partition coefficient (Wildman–Crippen LogP) is 2.59. The number of benzene rings is 1. The van der Waals surface area contributed by atoms with Crippen molar-refractivity contribution >= 4 is 6.09 Å². The van der Waals surface area contributed by atoms with E-state index in [0.29, 0.717) is 12.6 Å². The Bertz CT molecular complexity index is 511. The molecular formula is C17H26N2O3. The molecular weight excluding hydrogens is 280 g/mol. The first-order chi connectivity index (χ1) is 10.4. The fourth-order valence-corrected chi connectivity index (χ4v) is 2.28. The highest BCUT2D eigenvalue weighted by Gasteiger charge is 2.38. The van der Waals surface area contributed by atoms with E-state index >= 15 is 0 Å². The molecule has 1 aliphatic carbocycles. The first-order valence-corrected chi connectivity index (χ1v) is 7.67. The molecule has 0 radical (unpaired) electrons. The molecule has 22 heavy (non-hydrogen) atoms. The molecule has 122 valence electrons. The van der Waals surface area contributed by atoms with Crippen LogP contribution >= 0.6 is 0 Å². The molecule has 5 heteroatoms. The Labute approximate surface area is 132 Å². The Morgan fingerprint density at radius 2 is 2.00 bits per heavy atom. The van der Waals surface area contributed by atoms with Crippen molar-refractivity contribution in [1.29, 1.82) is 0 Å². The summed E-state index contributed by atoms with van der Waals surface area (Å²) in [5, 5.41) is 6.33. The van der Waals surface area contributed by atoms with Crippen molar-refractivity contribution in [3.63, 3.8) is 0 Å². The van der Waals surface area contributed by atoms with Gasteiger partial charge in [-0.15, -0.1) is 0 Å². The summed E-state index contributed by atoms with van der Waals surface area (Å²) < 4.78 is 10.4. The summed E-state index contributed by atoms with van der Waals surface area (Å²) in [7, 11) is 1.70. The van der Waals surface area contributed by atoms with E-state index < -0.39 is 5.60 Å². The van der Waals surface area contributed by atoms with Crippen LogP contribution in [0.1, 0.15) is 38.3 Å². The number of rotatable bonds is 6. The van der Waals surface area contributed by atoms with Gasteiger partial charge in [-0.3, -0.25) is 0 Å². The summed E-state index contributed by atoms with van der Waals surface area (Å²) in [5.74, 6) is 0. The summed E-state index contributed by atoms with van der Waals surface area (Å²) in [5.41, 5.74) is 1.93. The normalized spacial score (nSPS) is 20.5. The van der Waals surface area contributed by atoms with Crippen LogP contribution in [0.4, 0.5) is 4.79 Å². The van der Waals surface area contributed by atoms with Gasteiger partial charge in [-0.2, -0.15) is 0 Å². The molecule has 0 saturated heterocycles. The van der Waals surface area contributed by atoms with Crippen molar-refractivity contribution in [3.8, 4) is 0 Å². The molecule has 2 unspecified atom stereocenters. The summed E-state index contributed by atoms with van der Waals surface area (Å²) in [6, 6.07) is 8.79. The molecule has 1 amide bonds. The molecule has 0 spiro atoms. The third-order valence-corrected chi connectivity index (χ3v) is 3.36. The van der Waals surface area contributed by atoms with Gasteiger partial charge >= 0.3 is 6.09 Å². The largest absolute Gasteiger partial charge is 0.444 e. The van der Waals surface area contributed by atoms with Gasteiger partial charge in [0.1, 0.15) is 5.60 Å². The molecule has 2 atom stereocenters. The third-order valence-electron chi connectivity index (χ3n) is 3.36. The second-order valence-corrected chi connectivity index (χ2v) is 6.73. The van der Waals surface area contributed by atoms with Gasteiger partial charge in [0, 0.05) is 25.7 Å². The zero-order valence-corrected chi connectivity index (χ0v) is 13.8. The quantitative estimate of drug-likeness (QED) is 0.848. The van der Waals surface area contributed by atoms with Crippen LogP contribution in [0.25, 0.3) is 0 Å². The number of carbonyl (C=O) groups excluding carboxylic acids is 1. The van der Waals surface area contributed by atoms with E-state index in [9.17, 15) is 4.79 Å². The average molecular weight is 306 g/mol. The van der Waals surface area contributed by atoms with Crippen molar-refractivity contribution in [1.82, 2.24) is 10.6 Å². The van der Waals surface area contributed by atoms with Crippen molar-refractivity contribution in [3.05, 3.63) is 35.4 Å². The Balaban J connectivity index is 1.71. The Kier molecular flexibility index (Phi) is 5.42. The maximum absolute atomic E-state index is 11.7. The topological polar surface area (TPSA) is 59.6 Å². The molecule has 1 aromatic rings. The van der Waals surface area contributed by atoms with Crippen LogP contribution in [-0.2, 0) is 22.6 Å². The van der Waals surface area contributed by atoms with Gasteiger partial charge in [0.05, 0.1) is 6.61 Å². The van der Waals surface area contributed by atoms with Gasteiger partial charge in [-0.25, -0.2) is 4.79 Å². The van der Waals surface area contributed by atoms with Gasteiger partial charge in [0.2, 0.25) is 0 Å². The van der Waals surface area contributed by atoms with E-state index in [0.717, 1.165) is 13.0 Å². The zero-order valence-electron chi connectivity index (χ0n) is 13.8. The third kappa shape index (κ3) is 5.66. The molecule has 0 heterocycles. The van der Waals surface area contributed by atoms with E-state index in [-0.39, 0.29) is 12.1 Å². The lowest BCUT2D eigenvalue weighted by Gasteiger charge is -2.19. The fourth-order valence-electron chi connectivity index (χ4n) is 2.28. The van der Waals surface area contributed by atoms with E-state index in [2.05, 4.69) is 28.8 Å². The number of methoxy groups -OCH3 is 1. The first kappa shape index (κ1) is 16.8. The van der Waals surface area contributed by atoms with E-state index in [1.165, 1.54) is 11.1 Å². The number of hydrogen-bond acceptors (Lipinski definition) is 4. The van der Waals surface area contributed by atoms with Crippen LogP contribution < -0.4 is 10.6 Å². The summed E-state index contributed by atoms with van der Waals surface area (Å²) in [4.78, 5) is 11.7. The smallest absolute Gasteiger partial charge is 0.407 e. The van der Waals surface area contributed by atoms with Crippen molar-refractivity contribution in [2.75, 3.05) is 7.11 Å². The molecule has 0 aliphatic heterocycles. The lowest BCUT2D eigenvalue weighted by Crippen LogP contribution is -2.36. The number of hydrogen-bond donors (Lipinski definition) is 2. The second-order valence-electron chi connectivity index (χ2n) is 6.73. The highest BCUT2D eigenvalue weighted by atomic mass is 16.6. The van der Waals surface area contributed by atoms with E-state index in [4.69, 9.17) is 9.47 Å². The number of nitrogens with one attached hydrogen (secondary N) is 2. The molecule has 0 bridgehead atoms. The summed E-state index contributed by atoms with van der Waals surface area (Å²) in [6.07, 6.45) is 0.598. The predicted molar refractivity (Wildman–Crippen MR) is 85.6 cm³/mol. The molecule has 1 fully saturated rings. The zero-order chi connectivity index (χ0) is 16.2. The van der Waals surface area contributed by atoms with Crippen LogP contribution in [0.3, 0.4) is 0 Å². The number of alkyl carbamates (subject to hydrolysis) is 1. The lowest BCUT2D eigenvalue weighted by atomic mass is 10.1. The molecule has 1 aromatic carbocycles. The molecule has 5 nitrogen and oxygen atoms in total. The average Bonchev–Trinajstić information content (AvgIpc) is 3.13. The standard InChI is InChI=1S/C17H26N2O3/c1-17(2,3)22-16(20)19-15-9-14(15)18-10-12-6-5-7-13(8-12)11-21-4/h5-8,14-15,18H,9-11H2,1-4H3,(H,19,20). The highest BCUT2D eigenvalue weighted by Crippen LogP contribution is 2.22. The van der Waals surface area contributed by atoms with Gasteiger partial charge in [0.15, 0.2) is 0 Å². The van der Waals surface area contributed by atoms with Crippen LogP contribution in [0.2, 0.25) is 0 Å². The number of ether oxygens (including phenoxy) is 2. The van der Waals surface area contributed by atoms with E-state index in [1.807, 2.05) is 26.8 Å². The van der Waals surface area contributed by atoms with Gasteiger partial charge < -0.3 is 20.1 Å². The Hall–Kier alpha value is -1.59. The molecule has 1 saturated carbocycles. The minimum absolute atomic E-state index is 0.164. The van der Waals surface area contributed by atoms with Gasteiger partial charge in [-0.05, 0) is 38.3 Å². The fraction of sp³-hybridized carbons (Fsp3) is 0.588. The number of amides is 1. The maximum atomic E-state index is 11.7. The molecule has 2 N–H and O–H groups in total. The van der Waals surface area contributed by atoms with Crippen LogP contribution in [0.15, 0.2) is 24.3 Å². The molecule has 2 rings (SSSR count). The molecule has 0 aromatic heterocycles. The lowest BCUT2D eigenvalue weighted by molar-refractivity contribution is 0.0522. The van der Waals surface area contributed by atoms with Crippen molar-refractivity contribution in [2.45, 2.75) is 58.0 Å². The minimum atomic E-state index is -0.455. The number of carbonyl (C=O) groups is 1. The maximum Gasteiger partial charge on any atom is 0.407 e. The van der Waals surface area contributed by atoms with Crippen LogP contribution in [0.5, 0.6) is 0 Å². The van der Waals surface area contributed by atoms with Crippen molar-refractivity contribution < 1.29 is 14.3 Å². The first-order valence-electron chi connectivity index (χ1n) is 7.67. The van der Waals surface area contributed by atoms with Gasteiger partial charge in [0.25, 0.3) is 0 Å². The second kappa shape index (κ2) is 7.11. The Morgan fingerprint density at radius 1 is 1.27 bits per heavy atom. The SMILES string of the molecule is COCc1cccc(CNC2CC2NC(=O)OC(C)(C)C)c1.